The van der Waals surface area contributed by atoms with Gasteiger partial charge in [0.2, 0.25) is 0 Å². The minimum Gasteiger partial charge on any atom is -0.497 e. The van der Waals surface area contributed by atoms with Crippen molar-refractivity contribution in [1.82, 2.24) is 0 Å². The molecular weight excluding hydrogens is 409 g/mol. The molecule has 0 amide bonds. The Labute approximate surface area is 147 Å². The standard InChI is InChI=1S/C16H14IN3O3/c1-22-12-8-6-11(7-9-12)15(10-19-20-18)23-16(21)13-4-2-3-5-14(13)17/h2-9,15H,10H2,1H3. The molecule has 1 unspecified atom stereocenters. The number of carbonyl (C=O) groups excluding carboxylic acids is 1. The summed E-state index contributed by atoms with van der Waals surface area (Å²) in [5.74, 6) is 0.240. The van der Waals surface area contributed by atoms with Crippen LogP contribution >= 0.6 is 22.6 Å². The number of carbonyl (C=O) groups is 1. The summed E-state index contributed by atoms with van der Waals surface area (Å²) in [4.78, 5) is 15.1. The third kappa shape index (κ3) is 4.61. The highest BCUT2D eigenvalue weighted by Gasteiger charge is 2.19. The molecule has 0 aromatic heterocycles. The van der Waals surface area contributed by atoms with E-state index in [0.717, 1.165) is 9.13 Å². The molecule has 2 rings (SSSR count). The molecule has 0 saturated carbocycles. The lowest BCUT2D eigenvalue weighted by molar-refractivity contribution is 0.0315. The number of nitrogens with zero attached hydrogens (tertiary/aromatic N) is 3. The Bertz CT molecular complexity index is 728. The molecule has 2 aromatic rings. The Balaban J connectivity index is 2.22. The van der Waals surface area contributed by atoms with E-state index >= 15 is 0 Å². The summed E-state index contributed by atoms with van der Waals surface area (Å²) in [6.45, 7) is 0.0258. The SMILES string of the molecule is COc1ccc(C(CN=[N+]=[N-])OC(=O)c2ccccc2I)cc1. The number of azide groups is 1. The van der Waals surface area contributed by atoms with Crippen molar-refractivity contribution in [2.45, 2.75) is 6.10 Å². The molecule has 0 aliphatic heterocycles. The van der Waals surface area contributed by atoms with Crippen LogP contribution in [0.25, 0.3) is 10.4 Å². The first-order valence-electron chi connectivity index (χ1n) is 6.76. The number of halogens is 1. The van der Waals surface area contributed by atoms with Crippen molar-refractivity contribution >= 4 is 28.6 Å². The Morgan fingerprint density at radius 1 is 1.26 bits per heavy atom. The summed E-state index contributed by atoms with van der Waals surface area (Å²) < 4.78 is 11.4. The molecular formula is C16H14IN3O3. The summed E-state index contributed by atoms with van der Waals surface area (Å²) in [5, 5.41) is 3.53. The Morgan fingerprint density at radius 3 is 2.57 bits per heavy atom. The molecule has 6 nitrogen and oxygen atoms in total. The molecule has 0 saturated heterocycles. The molecule has 2 aromatic carbocycles. The van der Waals surface area contributed by atoms with E-state index < -0.39 is 12.1 Å². The van der Waals surface area contributed by atoms with Gasteiger partial charge < -0.3 is 9.47 Å². The van der Waals surface area contributed by atoms with E-state index in [1.54, 1.807) is 43.5 Å². The van der Waals surface area contributed by atoms with Crippen molar-refractivity contribution in [1.29, 1.82) is 0 Å². The molecule has 1 atom stereocenters. The van der Waals surface area contributed by atoms with Gasteiger partial charge in [-0.05, 0) is 58.0 Å². The van der Waals surface area contributed by atoms with E-state index in [1.165, 1.54) is 0 Å². The van der Waals surface area contributed by atoms with Gasteiger partial charge in [-0.15, -0.1) is 0 Å². The summed E-state index contributed by atoms with van der Waals surface area (Å²) in [7, 11) is 1.57. The number of esters is 1. The summed E-state index contributed by atoms with van der Waals surface area (Å²) >= 11 is 2.08. The average molecular weight is 423 g/mol. The molecule has 23 heavy (non-hydrogen) atoms. The van der Waals surface area contributed by atoms with Gasteiger partial charge in [0.25, 0.3) is 0 Å². The van der Waals surface area contributed by atoms with E-state index in [2.05, 4.69) is 32.6 Å². The number of hydrogen-bond donors (Lipinski definition) is 0. The van der Waals surface area contributed by atoms with E-state index in [9.17, 15) is 4.79 Å². The number of hydrogen-bond acceptors (Lipinski definition) is 4. The molecule has 0 spiro atoms. The molecule has 0 aliphatic rings. The highest BCUT2D eigenvalue weighted by atomic mass is 127. The smallest absolute Gasteiger partial charge is 0.339 e. The van der Waals surface area contributed by atoms with E-state index in [0.29, 0.717) is 11.3 Å². The first-order chi connectivity index (χ1) is 11.2. The van der Waals surface area contributed by atoms with Crippen molar-refractivity contribution in [3.8, 4) is 5.75 Å². The fourth-order valence-electron chi connectivity index (χ4n) is 1.96. The van der Waals surface area contributed by atoms with Gasteiger partial charge in [-0.25, -0.2) is 4.79 Å². The fraction of sp³-hybridized carbons (Fsp3) is 0.188. The van der Waals surface area contributed by atoms with Crippen LogP contribution in [0.1, 0.15) is 22.0 Å². The number of ether oxygens (including phenoxy) is 2. The minimum absolute atomic E-state index is 0.0258. The minimum atomic E-state index is -0.652. The number of rotatable bonds is 6. The van der Waals surface area contributed by atoms with E-state index in [1.807, 2.05) is 12.1 Å². The lowest BCUT2D eigenvalue weighted by Gasteiger charge is -2.17. The van der Waals surface area contributed by atoms with Crippen molar-refractivity contribution in [2.75, 3.05) is 13.7 Å². The zero-order valence-electron chi connectivity index (χ0n) is 12.3. The van der Waals surface area contributed by atoms with E-state index in [4.69, 9.17) is 15.0 Å². The number of benzene rings is 2. The summed E-state index contributed by atoms with van der Waals surface area (Å²) in [5.41, 5.74) is 9.75. The van der Waals surface area contributed by atoms with Crippen LogP contribution in [0.4, 0.5) is 0 Å². The molecule has 0 radical (unpaired) electrons. The maximum Gasteiger partial charge on any atom is 0.339 e. The van der Waals surface area contributed by atoms with Gasteiger partial charge >= 0.3 is 5.97 Å². The van der Waals surface area contributed by atoms with Crippen molar-refractivity contribution in [2.24, 2.45) is 5.11 Å². The molecule has 0 bridgehead atoms. The molecule has 0 aliphatic carbocycles. The summed E-state index contributed by atoms with van der Waals surface area (Å²) in [6, 6.07) is 14.2. The fourth-order valence-corrected chi connectivity index (χ4v) is 2.57. The van der Waals surface area contributed by atoms with Crippen molar-refractivity contribution in [3.05, 3.63) is 73.7 Å². The maximum atomic E-state index is 12.3. The predicted octanol–water partition coefficient (Wildman–Crippen LogP) is 4.51. The van der Waals surface area contributed by atoms with Gasteiger partial charge in [-0.1, -0.05) is 29.4 Å². The van der Waals surface area contributed by atoms with Crippen molar-refractivity contribution in [3.63, 3.8) is 0 Å². The van der Waals surface area contributed by atoms with Gasteiger partial charge in [0.15, 0.2) is 0 Å². The van der Waals surface area contributed by atoms with Gasteiger partial charge in [-0.2, -0.15) is 0 Å². The third-order valence-electron chi connectivity index (χ3n) is 3.14. The zero-order chi connectivity index (χ0) is 16.7. The second-order valence-electron chi connectivity index (χ2n) is 4.56. The topological polar surface area (TPSA) is 84.3 Å². The molecule has 7 heteroatoms. The van der Waals surface area contributed by atoms with Gasteiger partial charge in [0, 0.05) is 8.48 Å². The van der Waals surface area contributed by atoms with Gasteiger partial charge in [0.1, 0.15) is 11.9 Å². The number of methoxy groups -OCH3 is 1. The largest absolute Gasteiger partial charge is 0.497 e. The Morgan fingerprint density at radius 2 is 1.96 bits per heavy atom. The second-order valence-corrected chi connectivity index (χ2v) is 5.72. The normalized spacial score (nSPS) is 11.2. The second kappa shape index (κ2) is 8.40. The quantitative estimate of drug-likeness (QED) is 0.225. The molecule has 0 fully saturated rings. The van der Waals surface area contributed by atoms with Crippen LogP contribution in [0.2, 0.25) is 0 Å². The average Bonchev–Trinajstić information content (AvgIpc) is 2.59. The summed E-state index contributed by atoms with van der Waals surface area (Å²) in [6.07, 6.45) is -0.652. The van der Waals surface area contributed by atoms with Crippen LogP contribution in [0.15, 0.2) is 53.6 Å². The highest BCUT2D eigenvalue weighted by Crippen LogP contribution is 2.23. The molecule has 0 heterocycles. The molecule has 118 valence electrons. The van der Waals surface area contributed by atoms with Crippen LogP contribution in [-0.2, 0) is 4.74 Å². The highest BCUT2D eigenvalue weighted by molar-refractivity contribution is 14.1. The lowest BCUT2D eigenvalue weighted by Crippen LogP contribution is -2.15. The first kappa shape index (κ1) is 17.1. The van der Waals surface area contributed by atoms with E-state index in [-0.39, 0.29) is 6.54 Å². The van der Waals surface area contributed by atoms with Crippen LogP contribution in [0.3, 0.4) is 0 Å². The van der Waals surface area contributed by atoms with Crippen LogP contribution in [-0.4, -0.2) is 19.6 Å². The first-order valence-corrected chi connectivity index (χ1v) is 7.84. The van der Waals surface area contributed by atoms with Crippen molar-refractivity contribution < 1.29 is 14.3 Å². The lowest BCUT2D eigenvalue weighted by atomic mass is 10.1. The maximum absolute atomic E-state index is 12.3. The van der Waals surface area contributed by atoms with Gasteiger partial charge in [-0.3, -0.25) is 0 Å². The van der Waals surface area contributed by atoms with Crippen LogP contribution < -0.4 is 4.74 Å². The molecule has 0 N–H and O–H groups in total. The predicted molar refractivity (Wildman–Crippen MR) is 94.3 cm³/mol. The Hall–Kier alpha value is -2.25. The zero-order valence-corrected chi connectivity index (χ0v) is 14.5. The Kier molecular flexibility index (Phi) is 6.25. The van der Waals surface area contributed by atoms with Crippen LogP contribution in [0, 0.1) is 3.57 Å². The third-order valence-corrected chi connectivity index (χ3v) is 4.08. The van der Waals surface area contributed by atoms with Crippen LogP contribution in [0.5, 0.6) is 5.75 Å². The van der Waals surface area contributed by atoms with Gasteiger partial charge in [0.05, 0.1) is 19.2 Å². The monoisotopic (exact) mass is 423 g/mol.